The topological polar surface area (TPSA) is 15.7 Å². The van der Waals surface area contributed by atoms with Gasteiger partial charge < -0.3 is 14.5 Å². The van der Waals surface area contributed by atoms with Crippen LogP contribution in [-0.2, 0) is 43.5 Å². The zero-order valence-corrected chi connectivity index (χ0v) is 32.2. The van der Waals surface area contributed by atoms with Gasteiger partial charge in [0, 0.05) is 16.5 Å². The fraction of sp³-hybridized carbons (Fsp3) is 0.400. The molecule has 4 rings (SSSR count). The number of ether oxygens (including phenoxy) is 1. The first kappa shape index (κ1) is 39.4. The minimum absolute atomic E-state index is 0. The molecule has 3 aromatic carbocycles. The standard InChI is InChI=1S/C22H31O.2C9H12N.Y/c1-8-22(9-2,17-12-10-11-13-17)19-15-16(3)14-18(20(19)23-7)21(4,5)6;2*1-8-6-4-5-7-9(8)10(2)3;/h10-11,14-15H,8-9,12H2,1-7H3;2*4-7H,1H2,2-3H3;/q3*-1;+3. The molecule has 0 aliphatic heterocycles. The second-order valence-corrected chi connectivity index (χ2v) is 12.7. The van der Waals surface area contributed by atoms with Gasteiger partial charge in [0.25, 0.3) is 0 Å². The van der Waals surface area contributed by atoms with Crippen molar-refractivity contribution in [2.24, 2.45) is 0 Å². The Hall–Kier alpha value is -2.62. The molecule has 234 valence electrons. The first-order valence-corrected chi connectivity index (χ1v) is 15.4. The van der Waals surface area contributed by atoms with Crippen LogP contribution in [0.4, 0.5) is 11.4 Å². The molecule has 0 amide bonds. The van der Waals surface area contributed by atoms with E-state index in [-0.39, 0.29) is 43.5 Å². The van der Waals surface area contributed by atoms with Crippen molar-refractivity contribution in [2.75, 3.05) is 45.1 Å². The van der Waals surface area contributed by atoms with Crippen LogP contribution in [0.15, 0.2) is 78.4 Å². The van der Waals surface area contributed by atoms with Crippen molar-refractivity contribution < 1.29 is 37.4 Å². The molecule has 0 unspecified atom stereocenters. The van der Waals surface area contributed by atoms with E-state index < -0.39 is 0 Å². The van der Waals surface area contributed by atoms with Crippen LogP contribution in [0.5, 0.6) is 5.75 Å². The van der Waals surface area contributed by atoms with E-state index in [9.17, 15) is 0 Å². The number of rotatable bonds is 7. The van der Waals surface area contributed by atoms with Gasteiger partial charge in [-0.1, -0.05) is 94.4 Å². The Morgan fingerprint density at radius 1 is 0.795 bits per heavy atom. The van der Waals surface area contributed by atoms with E-state index >= 15 is 0 Å². The van der Waals surface area contributed by atoms with Crippen LogP contribution in [0, 0.1) is 26.8 Å². The van der Waals surface area contributed by atoms with Crippen molar-refractivity contribution in [1.29, 1.82) is 0 Å². The van der Waals surface area contributed by atoms with E-state index in [0.29, 0.717) is 0 Å². The van der Waals surface area contributed by atoms with Crippen molar-refractivity contribution in [1.82, 2.24) is 0 Å². The van der Waals surface area contributed by atoms with E-state index in [1.807, 2.05) is 71.7 Å². The van der Waals surface area contributed by atoms with E-state index in [4.69, 9.17) is 4.74 Å². The Kier molecular flexibility index (Phi) is 15.9. The molecule has 1 aliphatic carbocycles. The maximum atomic E-state index is 5.97. The predicted octanol–water partition coefficient (Wildman–Crippen LogP) is 9.92. The van der Waals surface area contributed by atoms with Gasteiger partial charge in [0.2, 0.25) is 0 Å². The van der Waals surface area contributed by atoms with Gasteiger partial charge in [0.05, 0.1) is 7.11 Å². The van der Waals surface area contributed by atoms with Crippen molar-refractivity contribution in [3.63, 3.8) is 0 Å². The summed E-state index contributed by atoms with van der Waals surface area (Å²) in [5.41, 5.74) is 9.93. The third kappa shape index (κ3) is 9.95. The van der Waals surface area contributed by atoms with Crippen molar-refractivity contribution in [2.45, 2.75) is 71.6 Å². The largest absolute Gasteiger partial charge is 3.00 e. The Balaban J connectivity index is 0.000000381. The van der Waals surface area contributed by atoms with Gasteiger partial charge in [0.1, 0.15) is 5.75 Å². The third-order valence-corrected chi connectivity index (χ3v) is 8.19. The second kappa shape index (κ2) is 17.8. The fourth-order valence-electron chi connectivity index (χ4n) is 5.75. The molecular formula is C40H55N2OY. The van der Waals surface area contributed by atoms with Crippen molar-refractivity contribution >= 4 is 11.4 Å². The van der Waals surface area contributed by atoms with E-state index in [1.54, 1.807) is 0 Å². The Labute approximate surface area is 295 Å². The number of aryl methyl sites for hydroxylation is 1. The summed E-state index contributed by atoms with van der Waals surface area (Å²) in [4.78, 5) is 4.12. The van der Waals surface area contributed by atoms with Gasteiger partial charge in [0.15, 0.2) is 0 Å². The maximum absolute atomic E-state index is 5.97. The van der Waals surface area contributed by atoms with E-state index in [1.165, 1.54) is 33.6 Å². The van der Waals surface area contributed by atoms with Gasteiger partial charge >= 0.3 is 32.7 Å². The number of methoxy groups -OCH3 is 1. The molecule has 0 atom stereocenters. The second-order valence-electron chi connectivity index (χ2n) is 12.7. The van der Waals surface area contributed by atoms with Crippen molar-refractivity contribution in [3.8, 4) is 5.75 Å². The molecule has 0 saturated carbocycles. The zero-order valence-electron chi connectivity index (χ0n) is 29.3. The number of hydrogen-bond donors (Lipinski definition) is 0. The Morgan fingerprint density at radius 3 is 1.57 bits per heavy atom. The molecule has 4 heteroatoms. The molecule has 3 aromatic rings. The van der Waals surface area contributed by atoms with E-state index in [0.717, 1.165) is 36.1 Å². The monoisotopic (exact) mass is 668 g/mol. The smallest absolute Gasteiger partial charge is 0.496 e. The normalized spacial score (nSPS) is 12.1. The molecule has 0 aromatic heterocycles. The van der Waals surface area contributed by atoms with Crippen LogP contribution in [0.25, 0.3) is 0 Å². The first-order chi connectivity index (χ1) is 20.2. The molecular weight excluding hydrogens is 613 g/mol. The number of benzene rings is 3. The van der Waals surface area contributed by atoms with Gasteiger partial charge in [-0.25, -0.2) is 12.2 Å². The van der Waals surface area contributed by atoms with Gasteiger partial charge in [-0.3, -0.25) is 6.08 Å². The number of allylic oxidation sites excluding steroid dienone is 4. The quantitative estimate of drug-likeness (QED) is 0.233. The van der Waals surface area contributed by atoms with Gasteiger partial charge in [-0.2, -0.15) is 42.7 Å². The predicted molar refractivity (Wildman–Crippen MR) is 190 cm³/mol. The Bertz CT molecular complexity index is 1320. The molecule has 0 spiro atoms. The summed E-state index contributed by atoms with van der Waals surface area (Å²) in [6.07, 6.45) is 10.9. The zero-order chi connectivity index (χ0) is 32.4. The summed E-state index contributed by atoms with van der Waals surface area (Å²) in [5.74, 6) is 1.06. The van der Waals surface area contributed by atoms with Gasteiger partial charge in [-0.05, 0) is 53.4 Å². The van der Waals surface area contributed by atoms with E-state index in [2.05, 4.69) is 108 Å². The number of nitrogens with zero attached hydrogens (tertiary/aromatic N) is 2. The maximum Gasteiger partial charge on any atom is 3.00 e. The van der Waals surface area contributed by atoms with Crippen LogP contribution < -0.4 is 14.5 Å². The molecule has 3 nitrogen and oxygen atoms in total. The summed E-state index contributed by atoms with van der Waals surface area (Å²) in [6, 6.07) is 20.8. The Morgan fingerprint density at radius 2 is 1.25 bits per heavy atom. The molecule has 0 saturated heterocycles. The fourth-order valence-corrected chi connectivity index (χ4v) is 5.75. The summed E-state index contributed by atoms with van der Waals surface area (Å²) < 4.78 is 5.97. The molecule has 0 heterocycles. The average molecular weight is 669 g/mol. The van der Waals surface area contributed by atoms with Crippen LogP contribution in [0.2, 0.25) is 0 Å². The molecule has 44 heavy (non-hydrogen) atoms. The molecule has 0 bridgehead atoms. The van der Waals surface area contributed by atoms with Crippen LogP contribution in [0.1, 0.15) is 81.7 Å². The summed E-state index contributed by atoms with van der Waals surface area (Å²) in [7, 11) is 9.88. The summed E-state index contributed by atoms with van der Waals surface area (Å²) in [5, 5.41) is 0. The SMILES string of the molecule is CCC(CC)(C1=[C-]C=CC1)c1cc(C)cc(C(C)(C)C)c1OC.[CH2-]c1ccccc1N(C)C.[CH2-]c1ccccc1N(C)C.[Y+3]. The van der Waals surface area contributed by atoms with Crippen LogP contribution in [-0.4, -0.2) is 35.3 Å². The van der Waals surface area contributed by atoms with Gasteiger partial charge in [-0.15, -0.1) is 12.1 Å². The molecule has 0 radical (unpaired) electrons. The summed E-state index contributed by atoms with van der Waals surface area (Å²) in [6.45, 7) is 21.3. The number of anilines is 2. The first-order valence-electron chi connectivity index (χ1n) is 15.4. The van der Waals surface area contributed by atoms with Crippen LogP contribution in [0.3, 0.4) is 0 Å². The average Bonchev–Trinajstić information content (AvgIpc) is 3.50. The van der Waals surface area contributed by atoms with Crippen molar-refractivity contribution in [3.05, 3.63) is 126 Å². The third-order valence-electron chi connectivity index (χ3n) is 8.19. The van der Waals surface area contributed by atoms with Crippen LogP contribution >= 0.6 is 0 Å². The molecule has 0 fully saturated rings. The molecule has 0 N–H and O–H groups in total. The molecule has 1 aliphatic rings. The summed E-state index contributed by atoms with van der Waals surface area (Å²) >= 11 is 0. The number of hydrogen-bond acceptors (Lipinski definition) is 3. The minimum Gasteiger partial charge on any atom is -0.496 e. The number of para-hydroxylation sites is 2. The minimum atomic E-state index is 0.